The van der Waals surface area contributed by atoms with Crippen LogP contribution in [0.5, 0.6) is 0 Å². The van der Waals surface area contributed by atoms with Crippen molar-refractivity contribution in [1.82, 2.24) is 25.2 Å². The molecule has 7 heteroatoms. The number of ether oxygens (including phenoxy) is 1. The zero-order valence-corrected chi connectivity index (χ0v) is 10.8. The van der Waals surface area contributed by atoms with Gasteiger partial charge in [-0.25, -0.2) is 4.98 Å². The largest absolute Gasteiger partial charge is 0.376 e. The van der Waals surface area contributed by atoms with Gasteiger partial charge < -0.3 is 9.26 Å². The fourth-order valence-electron chi connectivity index (χ4n) is 2.50. The van der Waals surface area contributed by atoms with Gasteiger partial charge in [-0.1, -0.05) is 5.16 Å². The van der Waals surface area contributed by atoms with E-state index in [1.807, 2.05) is 13.1 Å². The van der Waals surface area contributed by atoms with E-state index in [4.69, 9.17) is 9.26 Å². The monoisotopic (exact) mass is 263 g/mol. The van der Waals surface area contributed by atoms with E-state index < -0.39 is 0 Å². The van der Waals surface area contributed by atoms with E-state index in [9.17, 15) is 0 Å². The maximum Gasteiger partial charge on any atom is 0.137 e. The molecular weight excluding hydrogens is 246 g/mol. The highest BCUT2D eigenvalue weighted by atomic mass is 16.5. The van der Waals surface area contributed by atoms with Gasteiger partial charge in [0.05, 0.1) is 11.8 Å². The van der Waals surface area contributed by atoms with E-state index in [0.717, 1.165) is 37.6 Å². The summed E-state index contributed by atoms with van der Waals surface area (Å²) in [7, 11) is 2.05. The van der Waals surface area contributed by atoms with Crippen molar-refractivity contribution in [2.75, 3.05) is 20.2 Å². The SMILES string of the molecule is CN(Cc1ccon1)C[C@H]1OCC[C@H]1c1ncn[nH]1. The molecule has 2 aromatic rings. The van der Waals surface area contributed by atoms with Gasteiger partial charge in [-0.05, 0) is 13.5 Å². The number of aromatic amines is 1. The molecule has 0 spiro atoms. The van der Waals surface area contributed by atoms with Gasteiger partial charge in [0.2, 0.25) is 0 Å². The first-order valence-corrected chi connectivity index (χ1v) is 6.37. The molecule has 7 nitrogen and oxygen atoms in total. The van der Waals surface area contributed by atoms with Crippen LogP contribution in [0.1, 0.15) is 23.9 Å². The number of H-pyrrole nitrogens is 1. The summed E-state index contributed by atoms with van der Waals surface area (Å²) in [4.78, 5) is 6.42. The van der Waals surface area contributed by atoms with E-state index >= 15 is 0 Å². The van der Waals surface area contributed by atoms with E-state index in [0.29, 0.717) is 5.92 Å². The highest BCUT2D eigenvalue weighted by Gasteiger charge is 2.32. The average molecular weight is 263 g/mol. The van der Waals surface area contributed by atoms with Crippen LogP contribution in [0.2, 0.25) is 0 Å². The first-order chi connectivity index (χ1) is 9.33. The maximum atomic E-state index is 5.81. The lowest BCUT2D eigenvalue weighted by Crippen LogP contribution is -2.32. The quantitative estimate of drug-likeness (QED) is 0.859. The van der Waals surface area contributed by atoms with Gasteiger partial charge in [0.15, 0.2) is 0 Å². The second-order valence-corrected chi connectivity index (χ2v) is 4.86. The van der Waals surface area contributed by atoms with Crippen LogP contribution in [0.15, 0.2) is 23.2 Å². The molecule has 1 aliphatic rings. The Morgan fingerprint density at radius 3 is 3.21 bits per heavy atom. The Bertz CT molecular complexity index is 484. The predicted molar refractivity (Wildman–Crippen MR) is 66.3 cm³/mol. The van der Waals surface area contributed by atoms with E-state index in [-0.39, 0.29) is 6.10 Å². The molecule has 0 aromatic carbocycles. The third-order valence-electron chi connectivity index (χ3n) is 3.41. The lowest BCUT2D eigenvalue weighted by molar-refractivity contribution is 0.0705. The normalized spacial score (nSPS) is 23.3. The van der Waals surface area contributed by atoms with Gasteiger partial charge in [-0.15, -0.1) is 0 Å². The number of hydrogen-bond donors (Lipinski definition) is 1. The molecule has 1 aliphatic heterocycles. The van der Waals surface area contributed by atoms with Gasteiger partial charge in [0, 0.05) is 31.7 Å². The minimum absolute atomic E-state index is 0.143. The number of likely N-dealkylation sites (N-methyl/N-ethyl adjacent to an activating group) is 1. The Kier molecular flexibility index (Phi) is 3.56. The molecule has 0 aliphatic carbocycles. The number of rotatable bonds is 5. The van der Waals surface area contributed by atoms with Crippen LogP contribution in [0.4, 0.5) is 0 Å². The summed E-state index contributed by atoms with van der Waals surface area (Å²) < 4.78 is 10.6. The number of nitrogens with one attached hydrogen (secondary N) is 1. The Morgan fingerprint density at radius 1 is 1.53 bits per heavy atom. The molecule has 19 heavy (non-hydrogen) atoms. The van der Waals surface area contributed by atoms with Gasteiger partial charge in [0.1, 0.15) is 18.4 Å². The average Bonchev–Trinajstić information content (AvgIpc) is 3.09. The summed E-state index contributed by atoms with van der Waals surface area (Å²) in [6.45, 7) is 2.35. The van der Waals surface area contributed by atoms with Crippen LogP contribution in [0.3, 0.4) is 0 Å². The summed E-state index contributed by atoms with van der Waals surface area (Å²) in [5.74, 6) is 1.21. The lowest BCUT2D eigenvalue weighted by Gasteiger charge is -2.22. The molecule has 1 N–H and O–H groups in total. The Hall–Kier alpha value is -1.73. The van der Waals surface area contributed by atoms with Gasteiger partial charge in [-0.2, -0.15) is 5.10 Å². The van der Waals surface area contributed by atoms with Crippen molar-refractivity contribution in [2.24, 2.45) is 0 Å². The van der Waals surface area contributed by atoms with Gasteiger partial charge >= 0.3 is 0 Å². The molecule has 2 atom stereocenters. The second kappa shape index (κ2) is 5.50. The highest BCUT2D eigenvalue weighted by molar-refractivity contribution is 5.01. The number of aromatic nitrogens is 4. The van der Waals surface area contributed by atoms with Crippen molar-refractivity contribution in [1.29, 1.82) is 0 Å². The molecule has 0 saturated carbocycles. The van der Waals surface area contributed by atoms with Gasteiger partial charge in [-0.3, -0.25) is 10.00 Å². The molecule has 0 bridgehead atoms. The van der Waals surface area contributed by atoms with Crippen molar-refractivity contribution < 1.29 is 9.26 Å². The fourth-order valence-corrected chi connectivity index (χ4v) is 2.50. The zero-order chi connectivity index (χ0) is 13.1. The van der Waals surface area contributed by atoms with E-state index in [1.54, 1.807) is 12.6 Å². The Labute approximate surface area is 110 Å². The van der Waals surface area contributed by atoms with Crippen LogP contribution in [0, 0.1) is 0 Å². The standard InChI is InChI=1S/C12H17N5O2/c1-17(6-9-2-5-19-16-9)7-11-10(3-4-18-11)12-13-8-14-15-12/h2,5,8,10-11H,3-4,6-7H2,1H3,(H,13,14,15)/t10-,11-/m1/s1. The molecule has 1 fully saturated rings. The minimum atomic E-state index is 0.143. The topological polar surface area (TPSA) is 80.1 Å². The first kappa shape index (κ1) is 12.3. The first-order valence-electron chi connectivity index (χ1n) is 6.37. The van der Waals surface area contributed by atoms with Crippen molar-refractivity contribution >= 4 is 0 Å². The smallest absolute Gasteiger partial charge is 0.137 e. The summed E-state index contributed by atoms with van der Waals surface area (Å²) in [5.41, 5.74) is 0.928. The predicted octanol–water partition coefficient (Wildman–Crippen LogP) is 0.797. The molecule has 0 unspecified atom stereocenters. The van der Waals surface area contributed by atoms with E-state index in [2.05, 4.69) is 25.2 Å². The molecule has 0 amide bonds. The van der Waals surface area contributed by atoms with Crippen LogP contribution < -0.4 is 0 Å². The molecule has 2 aromatic heterocycles. The van der Waals surface area contributed by atoms with Crippen LogP contribution in [-0.4, -0.2) is 51.5 Å². The molecule has 0 radical (unpaired) electrons. The summed E-state index contributed by atoms with van der Waals surface area (Å²) in [5, 5.41) is 10.8. The van der Waals surface area contributed by atoms with Crippen molar-refractivity contribution in [3.63, 3.8) is 0 Å². The van der Waals surface area contributed by atoms with Crippen molar-refractivity contribution in [3.8, 4) is 0 Å². The maximum absolute atomic E-state index is 5.81. The third-order valence-corrected chi connectivity index (χ3v) is 3.41. The summed E-state index contributed by atoms with van der Waals surface area (Å²) in [6, 6.07) is 1.87. The second-order valence-electron chi connectivity index (χ2n) is 4.86. The molecule has 3 heterocycles. The number of hydrogen-bond acceptors (Lipinski definition) is 6. The molecular formula is C12H17N5O2. The third kappa shape index (κ3) is 2.82. The van der Waals surface area contributed by atoms with Crippen LogP contribution in [0.25, 0.3) is 0 Å². The lowest BCUT2D eigenvalue weighted by atomic mass is 10.0. The fraction of sp³-hybridized carbons (Fsp3) is 0.583. The zero-order valence-electron chi connectivity index (χ0n) is 10.8. The molecule has 102 valence electrons. The minimum Gasteiger partial charge on any atom is -0.376 e. The van der Waals surface area contributed by atoms with E-state index in [1.165, 1.54) is 0 Å². The summed E-state index contributed by atoms with van der Waals surface area (Å²) >= 11 is 0. The van der Waals surface area contributed by atoms with Gasteiger partial charge in [0.25, 0.3) is 0 Å². The molecule has 3 rings (SSSR count). The number of nitrogens with zero attached hydrogens (tertiary/aromatic N) is 4. The van der Waals surface area contributed by atoms with Crippen LogP contribution in [-0.2, 0) is 11.3 Å². The Morgan fingerprint density at radius 2 is 2.47 bits per heavy atom. The van der Waals surface area contributed by atoms with Crippen LogP contribution >= 0.6 is 0 Å². The highest BCUT2D eigenvalue weighted by Crippen LogP contribution is 2.29. The molecule has 1 saturated heterocycles. The Balaban J connectivity index is 1.59. The van der Waals surface area contributed by atoms with Crippen molar-refractivity contribution in [3.05, 3.63) is 30.2 Å². The van der Waals surface area contributed by atoms with Crippen molar-refractivity contribution in [2.45, 2.75) is 25.0 Å². The summed E-state index contributed by atoms with van der Waals surface area (Å²) in [6.07, 6.45) is 4.26.